The van der Waals surface area contributed by atoms with Crippen molar-refractivity contribution in [3.8, 4) is 17.2 Å². The van der Waals surface area contributed by atoms with Crippen LogP contribution in [0.5, 0.6) is 17.2 Å². The van der Waals surface area contributed by atoms with Crippen LogP contribution in [0.15, 0.2) is 46.9 Å². The SMILES string of the molecule is COc1cc(NC(=O)COc2ccccc2)c(OC)cc1Br. The first-order valence-electron chi connectivity index (χ1n) is 6.53. The molecule has 2 aromatic carbocycles. The van der Waals surface area contributed by atoms with Crippen molar-refractivity contribution < 1.29 is 19.0 Å². The highest BCUT2D eigenvalue weighted by Gasteiger charge is 2.12. The number of carbonyl (C=O) groups excluding carboxylic acids is 1. The maximum absolute atomic E-state index is 12.0. The van der Waals surface area contributed by atoms with Crippen molar-refractivity contribution in [1.29, 1.82) is 0 Å². The molecule has 0 aliphatic rings. The lowest BCUT2D eigenvalue weighted by molar-refractivity contribution is -0.118. The Kier molecular flexibility index (Phi) is 5.66. The minimum absolute atomic E-state index is 0.0917. The van der Waals surface area contributed by atoms with Crippen LogP contribution in [0.4, 0.5) is 5.69 Å². The minimum atomic E-state index is -0.286. The highest BCUT2D eigenvalue weighted by molar-refractivity contribution is 9.10. The molecule has 5 nitrogen and oxygen atoms in total. The van der Waals surface area contributed by atoms with Crippen molar-refractivity contribution in [3.05, 3.63) is 46.9 Å². The molecule has 2 aromatic rings. The maximum atomic E-state index is 12.0. The van der Waals surface area contributed by atoms with Gasteiger partial charge in [-0.05, 0) is 28.1 Å². The monoisotopic (exact) mass is 365 g/mol. The molecule has 0 saturated carbocycles. The van der Waals surface area contributed by atoms with Crippen LogP contribution in [-0.2, 0) is 4.79 Å². The van der Waals surface area contributed by atoms with Gasteiger partial charge in [0.05, 0.1) is 24.4 Å². The fourth-order valence-electron chi connectivity index (χ4n) is 1.81. The van der Waals surface area contributed by atoms with Gasteiger partial charge in [-0.3, -0.25) is 4.79 Å². The van der Waals surface area contributed by atoms with E-state index in [4.69, 9.17) is 14.2 Å². The lowest BCUT2D eigenvalue weighted by Crippen LogP contribution is -2.20. The van der Waals surface area contributed by atoms with E-state index in [2.05, 4.69) is 21.2 Å². The topological polar surface area (TPSA) is 56.8 Å². The summed E-state index contributed by atoms with van der Waals surface area (Å²) in [4.78, 5) is 12.0. The predicted octanol–water partition coefficient (Wildman–Crippen LogP) is 3.48. The van der Waals surface area contributed by atoms with E-state index in [-0.39, 0.29) is 12.5 Å². The highest BCUT2D eigenvalue weighted by atomic mass is 79.9. The van der Waals surface area contributed by atoms with Crippen molar-refractivity contribution in [2.24, 2.45) is 0 Å². The summed E-state index contributed by atoms with van der Waals surface area (Å²) in [6.07, 6.45) is 0. The van der Waals surface area contributed by atoms with E-state index in [9.17, 15) is 4.79 Å². The zero-order valence-corrected chi connectivity index (χ0v) is 13.8. The van der Waals surface area contributed by atoms with Gasteiger partial charge >= 0.3 is 0 Å². The van der Waals surface area contributed by atoms with Crippen LogP contribution in [0.2, 0.25) is 0 Å². The Labute approximate surface area is 137 Å². The van der Waals surface area contributed by atoms with Gasteiger partial charge in [-0.15, -0.1) is 0 Å². The molecular formula is C16H16BrNO4. The fourth-order valence-corrected chi connectivity index (χ4v) is 2.29. The summed E-state index contributed by atoms with van der Waals surface area (Å²) in [6.45, 7) is -0.0917. The Bertz CT molecular complexity index is 646. The Hall–Kier alpha value is -2.21. The molecule has 0 aliphatic heterocycles. The van der Waals surface area contributed by atoms with Crippen LogP contribution in [0.3, 0.4) is 0 Å². The molecular weight excluding hydrogens is 350 g/mol. The average molecular weight is 366 g/mol. The normalized spacial score (nSPS) is 9.95. The van der Waals surface area contributed by atoms with Crippen LogP contribution < -0.4 is 19.5 Å². The molecule has 1 amide bonds. The number of methoxy groups -OCH3 is 2. The second kappa shape index (κ2) is 7.70. The third-order valence-corrected chi connectivity index (χ3v) is 3.48. The van der Waals surface area contributed by atoms with Crippen molar-refractivity contribution in [2.45, 2.75) is 0 Å². The minimum Gasteiger partial charge on any atom is -0.495 e. The molecule has 0 fully saturated rings. The quantitative estimate of drug-likeness (QED) is 0.851. The van der Waals surface area contributed by atoms with Gasteiger partial charge in [0.2, 0.25) is 0 Å². The molecule has 0 heterocycles. The fraction of sp³-hybridized carbons (Fsp3) is 0.188. The number of hydrogen-bond acceptors (Lipinski definition) is 4. The number of hydrogen-bond donors (Lipinski definition) is 1. The van der Waals surface area contributed by atoms with E-state index >= 15 is 0 Å². The molecule has 0 aliphatic carbocycles. The second-order valence-corrected chi connectivity index (χ2v) is 5.19. The maximum Gasteiger partial charge on any atom is 0.262 e. The van der Waals surface area contributed by atoms with Gasteiger partial charge < -0.3 is 19.5 Å². The van der Waals surface area contributed by atoms with Crippen LogP contribution in [-0.4, -0.2) is 26.7 Å². The number of ether oxygens (including phenoxy) is 3. The number of amides is 1. The third-order valence-electron chi connectivity index (χ3n) is 2.86. The van der Waals surface area contributed by atoms with Crippen molar-refractivity contribution >= 4 is 27.5 Å². The van der Waals surface area contributed by atoms with Gasteiger partial charge in [0.1, 0.15) is 17.2 Å². The van der Waals surface area contributed by atoms with Gasteiger partial charge in [-0.25, -0.2) is 0 Å². The van der Waals surface area contributed by atoms with Crippen molar-refractivity contribution in [2.75, 3.05) is 26.1 Å². The zero-order chi connectivity index (χ0) is 15.9. The first-order valence-corrected chi connectivity index (χ1v) is 7.32. The molecule has 22 heavy (non-hydrogen) atoms. The Morgan fingerprint density at radius 2 is 1.77 bits per heavy atom. The molecule has 0 saturated heterocycles. The van der Waals surface area contributed by atoms with Crippen LogP contribution in [0.1, 0.15) is 0 Å². The summed E-state index contributed by atoms with van der Waals surface area (Å²) in [5.74, 6) is 1.48. The van der Waals surface area contributed by atoms with Crippen LogP contribution in [0.25, 0.3) is 0 Å². The number of rotatable bonds is 6. The van der Waals surface area contributed by atoms with E-state index in [1.807, 2.05) is 18.2 Å². The third kappa shape index (κ3) is 4.14. The molecule has 0 unspecified atom stereocenters. The second-order valence-electron chi connectivity index (χ2n) is 4.34. The number of benzene rings is 2. The van der Waals surface area contributed by atoms with E-state index < -0.39 is 0 Å². The van der Waals surface area contributed by atoms with Crippen molar-refractivity contribution in [1.82, 2.24) is 0 Å². The lowest BCUT2D eigenvalue weighted by Gasteiger charge is -2.13. The number of anilines is 1. The molecule has 0 atom stereocenters. The van der Waals surface area contributed by atoms with Gasteiger partial charge in [0.15, 0.2) is 6.61 Å². The molecule has 6 heteroatoms. The van der Waals surface area contributed by atoms with Gasteiger partial charge in [-0.2, -0.15) is 0 Å². The smallest absolute Gasteiger partial charge is 0.262 e. The summed E-state index contributed by atoms with van der Waals surface area (Å²) in [6, 6.07) is 12.6. The van der Waals surface area contributed by atoms with Crippen LogP contribution in [0, 0.1) is 0 Å². The lowest BCUT2D eigenvalue weighted by atomic mass is 10.2. The van der Waals surface area contributed by atoms with E-state index in [0.717, 1.165) is 4.47 Å². The van der Waals surface area contributed by atoms with Crippen molar-refractivity contribution in [3.63, 3.8) is 0 Å². The van der Waals surface area contributed by atoms with E-state index in [1.54, 1.807) is 31.4 Å². The summed E-state index contributed by atoms with van der Waals surface area (Å²) in [5, 5.41) is 2.74. The first kappa shape index (κ1) is 16.2. The van der Waals surface area contributed by atoms with E-state index in [0.29, 0.717) is 22.9 Å². The Balaban J connectivity index is 2.04. The largest absolute Gasteiger partial charge is 0.495 e. The van der Waals surface area contributed by atoms with Gasteiger partial charge in [0, 0.05) is 12.1 Å². The summed E-state index contributed by atoms with van der Waals surface area (Å²) in [7, 11) is 3.08. The molecule has 116 valence electrons. The summed E-state index contributed by atoms with van der Waals surface area (Å²) in [5.41, 5.74) is 0.518. The zero-order valence-electron chi connectivity index (χ0n) is 12.3. The standard InChI is InChI=1S/C16H16BrNO4/c1-20-14-9-13(15(21-2)8-12(14)17)18-16(19)10-22-11-6-4-3-5-7-11/h3-9H,10H2,1-2H3,(H,18,19). The number of nitrogens with one attached hydrogen (secondary N) is 1. The predicted molar refractivity (Wildman–Crippen MR) is 87.8 cm³/mol. The summed E-state index contributed by atoms with van der Waals surface area (Å²) < 4.78 is 16.6. The number of halogens is 1. The molecule has 1 N–H and O–H groups in total. The van der Waals surface area contributed by atoms with E-state index in [1.165, 1.54) is 7.11 Å². The highest BCUT2D eigenvalue weighted by Crippen LogP contribution is 2.36. The molecule has 0 aromatic heterocycles. The number of para-hydroxylation sites is 1. The number of carbonyl (C=O) groups is 1. The molecule has 2 rings (SSSR count). The molecule has 0 radical (unpaired) electrons. The van der Waals surface area contributed by atoms with Gasteiger partial charge in [0.25, 0.3) is 5.91 Å². The van der Waals surface area contributed by atoms with Crippen LogP contribution >= 0.6 is 15.9 Å². The first-order chi connectivity index (χ1) is 10.6. The Morgan fingerprint density at radius 3 is 2.41 bits per heavy atom. The average Bonchev–Trinajstić information content (AvgIpc) is 2.55. The van der Waals surface area contributed by atoms with Gasteiger partial charge in [-0.1, -0.05) is 18.2 Å². The molecule has 0 bridgehead atoms. The summed E-state index contributed by atoms with van der Waals surface area (Å²) >= 11 is 3.37. The molecule has 0 spiro atoms. The Morgan fingerprint density at radius 1 is 1.09 bits per heavy atom.